The van der Waals surface area contributed by atoms with E-state index in [9.17, 15) is 0 Å². The highest BCUT2D eigenvalue weighted by molar-refractivity contribution is 9.10. The molecule has 0 bridgehead atoms. The summed E-state index contributed by atoms with van der Waals surface area (Å²) in [6.07, 6.45) is 2.66. The van der Waals surface area contributed by atoms with Crippen LogP contribution in [0.4, 0.5) is 5.82 Å². The third kappa shape index (κ3) is 1.94. The molecule has 0 amide bonds. The molecule has 1 aromatic heterocycles. The maximum absolute atomic E-state index is 5.82. The number of nitrogens with zero attached hydrogens (tertiary/aromatic N) is 2. The van der Waals surface area contributed by atoms with E-state index in [1.54, 1.807) is 0 Å². The minimum absolute atomic E-state index is 0.450. The number of rotatable bonds is 2. The average Bonchev–Trinajstić information content (AvgIpc) is 2.77. The Balaban J connectivity index is 2.15. The molecule has 1 fully saturated rings. The third-order valence-electron chi connectivity index (χ3n) is 2.18. The minimum Gasteiger partial charge on any atom is -0.366 e. The molecule has 70 valence electrons. The molecule has 13 heavy (non-hydrogen) atoms. The molecule has 1 aliphatic rings. The lowest BCUT2D eigenvalue weighted by atomic mass is 10.4. The Bertz CT molecular complexity index is 331. The first-order valence-corrected chi connectivity index (χ1v) is 5.28. The van der Waals surface area contributed by atoms with Crippen LogP contribution in [0.15, 0.2) is 10.8 Å². The highest BCUT2D eigenvalue weighted by atomic mass is 79.9. The van der Waals surface area contributed by atoms with E-state index < -0.39 is 0 Å². The summed E-state index contributed by atoms with van der Waals surface area (Å²) in [4.78, 5) is 7.95. The predicted octanol–water partition coefficient (Wildman–Crippen LogP) is 2.71. The van der Waals surface area contributed by atoms with E-state index in [1.807, 2.05) is 0 Å². The lowest BCUT2D eigenvalue weighted by Gasteiger charge is -2.05. The molecule has 0 spiro atoms. The minimum atomic E-state index is 0.450. The molecule has 0 aliphatic heterocycles. The van der Waals surface area contributed by atoms with Gasteiger partial charge in [-0.05, 0) is 28.3 Å². The van der Waals surface area contributed by atoms with Gasteiger partial charge in [0.15, 0.2) is 0 Å². The van der Waals surface area contributed by atoms with Gasteiger partial charge in [-0.3, -0.25) is 0 Å². The van der Waals surface area contributed by atoms with Crippen LogP contribution in [-0.4, -0.2) is 16.0 Å². The van der Waals surface area contributed by atoms with Crippen LogP contribution in [0.5, 0.6) is 0 Å². The van der Waals surface area contributed by atoms with Crippen molar-refractivity contribution in [1.82, 2.24) is 9.97 Å². The maximum Gasteiger partial charge on any atom is 0.148 e. The van der Waals surface area contributed by atoms with Gasteiger partial charge in [0, 0.05) is 6.04 Å². The van der Waals surface area contributed by atoms with Crippen molar-refractivity contribution in [1.29, 1.82) is 0 Å². The Hall–Kier alpha value is -0.350. The highest BCUT2D eigenvalue weighted by Crippen LogP contribution is 2.35. The van der Waals surface area contributed by atoms with Crippen LogP contribution in [0.1, 0.15) is 13.3 Å². The quantitative estimate of drug-likeness (QED) is 0.833. The van der Waals surface area contributed by atoms with Crippen molar-refractivity contribution in [2.75, 3.05) is 5.32 Å². The topological polar surface area (TPSA) is 37.8 Å². The van der Waals surface area contributed by atoms with Crippen LogP contribution in [0.2, 0.25) is 5.15 Å². The molecule has 2 rings (SSSR count). The number of anilines is 1. The number of halogens is 2. The van der Waals surface area contributed by atoms with Gasteiger partial charge in [-0.2, -0.15) is 0 Å². The molecule has 1 N–H and O–H groups in total. The summed E-state index contributed by atoms with van der Waals surface area (Å²) < 4.78 is 0.746. The standard InChI is InChI=1S/C8H9BrClN3/c1-4-2-5(4)13-8-6(9)7(10)11-3-12-8/h3-5H,2H2,1H3,(H,11,12,13). The average molecular weight is 263 g/mol. The first kappa shape index (κ1) is 9.21. The fraction of sp³-hybridized carbons (Fsp3) is 0.500. The molecule has 0 radical (unpaired) electrons. The Labute approximate surface area is 90.0 Å². The van der Waals surface area contributed by atoms with Crippen LogP contribution in [-0.2, 0) is 0 Å². The van der Waals surface area contributed by atoms with Gasteiger partial charge in [-0.15, -0.1) is 0 Å². The van der Waals surface area contributed by atoms with Gasteiger partial charge in [0.05, 0.1) is 4.47 Å². The van der Waals surface area contributed by atoms with Crippen LogP contribution in [0.25, 0.3) is 0 Å². The van der Waals surface area contributed by atoms with Crippen molar-refractivity contribution in [2.45, 2.75) is 19.4 Å². The largest absolute Gasteiger partial charge is 0.366 e. The van der Waals surface area contributed by atoms with Crippen LogP contribution in [0.3, 0.4) is 0 Å². The molecule has 1 aliphatic carbocycles. The first-order valence-electron chi connectivity index (χ1n) is 4.11. The monoisotopic (exact) mass is 261 g/mol. The Morgan fingerprint density at radius 1 is 1.62 bits per heavy atom. The second kappa shape index (κ2) is 3.42. The van der Waals surface area contributed by atoms with Crippen LogP contribution in [0, 0.1) is 5.92 Å². The molecule has 5 heteroatoms. The van der Waals surface area contributed by atoms with Crippen molar-refractivity contribution >= 4 is 33.3 Å². The number of hydrogen-bond donors (Lipinski definition) is 1. The van der Waals surface area contributed by atoms with Crippen molar-refractivity contribution in [3.63, 3.8) is 0 Å². The molecule has 0 saturated heterocycles. The van der Waals surface area contributed by atoms with E-state index in [1.165, 1.54) is 12.7 Å². The third-order valence-corrected chi connectivity index (χ3v) is 3.44. The van der Waals surface area contributed by atoms with E-state index >= 15 is 0 Å². The van der Waals surface area contributed by atoms with Crippen molar-refractivity contribution in [3.05, 3.63) is 16.0 Å². The second-order valence-electron chi connectivity index (χ2n) is 3.29. The van der Waals surface area contributed by atoms with E-state index in [4.69, 9.17) is 11.6 Å². The van der Waals surface area contributed by atoms with E-state index in [-0.39, 0.29) is 0 Å². The molecule has 0 aromatic carbocycles. The Morgan fingerprint density at radius 2 is 2.31 bits per heavy atom. The van der Waals surface area contributed by atoms with Crippen molar-refractivity contribution in [3.8, 4) is 0 Å². The molecule has 1 saturated carbocycles. The fourth-order valence-electron chi connectivity index (χ4n) is 1.15. The molecule has 1 aromatic rings. The maximum atomic E-state index is 5.82. The van der Waals surface area contributed by atoms with Crippen LogP contribution < -0.4 is 5.32 Å². The normalized spacial score (nSPS) is 25.8. The van der Waals surface area contributed by atoms with E-state index in [0.29, 0.717) is 11.2 Å². The van der Waals surface area contributed by atoms with Crippen LogP contribution >= 0.6 is 27.5 Å². The number of nitrogens with one attached hydrogen (secondary N) is 1. The zero-order valence-electron chi connectivity index (χ0n) is 7.09. The zero-order chi connectivity index (χ0) is 9.42. The van der Waals surface area contributed by atoms with Gasteiger partial charge in [0.2, 0.25) is 0 Å². The van der Waals surface area contributed by atoms with Crippen molar-refractivity contribution < 1.29 is 0 Å². The summed E-state index contributed by atoms with van der Waals surface area (Å²) in [5, 5.41) is 3.74. The molecular formula is C8H9BrClN3. The lowest BCUT2D eigenvalue weighted by molar-refractivity contribution is 0.920. The zero-order valence-corrected chi connectivity index (χ0v) is 9.43. The Morgan fingerprint density at radius 3 is 2.92 bits per heavy atom. The first-order chi connectivity index (χ1) is 6.18. The smallest absolute Gasteiger partial charge is 0.148 e. The SMILES string of the molecule is CC1CC1Nc1ncnc(Cl)c1Br. The number of hydrogen-bond acceptors (Lipinski definition) is 3. The van der Waals surface area contributed by atoms with Gasteiger partial charge in [-0.25, -0.2) is 9.97 Å². The second-order valence-corrected chi connectivity index (χ2v) is 4.44. The highest BCUT2D eigenvalue weighted by Gasteiger charge is 2.33. The van der Waals surface area contributed by atoms with Gasteiger partial charge < -0.3 is 5.32 Å². The summed E-state index contributed by atoms with van der Waals surface area (Å²) >= 11 is 9.15. The van der Waals surface area contributed by atoms with E-state index in [0.717, 1.165) is 16.2 Å². The molecule has 2 unspecified atom stereocenters. The van der Waals surface area contributed by atoms with E-state index in [2.05, 4.69) is 38.1 Å². The lowest BCUT2D eigenvalue weighted by Crippen LogP contribution is -2.06. The predicted molar refractivity (Wildman–Crippen MR) is 55.9 cm³/mol. The fourth-order valence-corrected chi connectivity index (χ4v) is 1.60. The van der Waals surface area contributed by atoms with Gasteiger partial charge in [0.1, 0.15) is 17.3 Å². The number of aromatic nitrogens is 2. The Kier molecular flexibility index (Phi) is 2.43. The summed E-state index contributed by atoms with van der Waals surface area (Å²) in [6.45, 7) is 2.20. The summed E-state index contributed by atoms with van der Waals surface area (Å²) in [7, 11) is 0. The summed E-state index contributed by atoms with van der Waals surface area (Å²) in [5.74, 6) is 1.52. The van der Waals surface area contributed by atoms with Gasteiger partial charge in [0.25, 0.3) is 0 Å². The molecule has 1 heterocycles. The van der Waals surface area contributed by atoms with Gasteiger partial charge >= 0.3 is 0 Å². The summed E-state index contributed by atoms with van der Waals surface area (Å²) in [6, 6.07) is 0.544. The summed E-state index contributed by atoms with van der Waals surface area (Å²) in [5.41, 5.74) is 0. The molecular weight excluding hydrogens is 253 g/mol. The molecule has 2 atom stereocenters. The molecule has 3 nitrogen and oxygen atoms in total. The van der Waals surface area contributed by atoms with Gasteiger partial charge in [-0.1, -0.05) is 18.5 Å². The van der Waals surface area contributed by atoms with Crippen molar-refractivity contribution in [2.24, 2.45) is 5.92 Å².